The van der Waals surface area contributed by atoms with Crippen LogP contribution >= 0.6 is 0 Å². The maximum absolute atomic E-state index is 12.9. The Morgan fingerprint density at radius 3 is 2.47 bits per heavy atom. The van der Waals surface area contributed by atoms with Crippen molar-refractivity contribution in [1.29, 1.82) is 0 Å². The summed E-state index contributed by atoms with van der Waals surface area (Å²) in [5.74, 6) is 0.724. The smallest absolute Gasteiger partial charge is 0.273 e. The maximum Gasteiger partial charge on any atom is 0.273 e. The molecule has 0 fully saturated rings. The summed E-state index contributed by atoms with van der Waals surface area (Å²) in [6.07, 6.45) is 1.51. The predicted octanol–water partition coefficient (Wildman–Crippen LogP) is 4.56. The molecule has 0 radical (unpaired) electrons. The number of benzene rings is 2. The van der Waals surface area contributed by atoms with Gasteiger partial charge in [0.2, 0.25) is 0 Å². The Morgan fingerprint density at radius 2 is 1.84 bits per heavy atom. The number of aryl methyl sites for hydroxylation is 1. The second-order valence-electron chi connectivity index (χ2n) is 8.09. The maximum atomic E-state index is 12.9. The molecule has 7 heteroatoms. The first-order chi connectivity index (χ1) is 15.3. The van der Waals surface area contributed by atoms with Gasteiger partial charge in [-0.1, -0.05) is 38.1 Å². The van der Waals surface area contributed by atoms with Crippen molar-refractivity contribution in [2.24, 2.45) is 0 Å². The number of amides is 2. The molecule has 0 aliphatic rings. The molecule has 0 aliphatic carbocycles. The van der Waals surface area contributed by atoms with E-state index < -0.39 is 0 Å². The van der Waals surface area contributed by atoms with Crippen molar-refractivity contribution < 1.29 is 14.3 Å². The summed E-state index contributed by atoms with van der Waals surface area (Å²) in [5, 5.41) is 7.04. The molecule has 1 aromatic heterocycles. The van der Waals surface area contributed by atoms with Crippen LogP contribution in [-0.4, -0.2) is 40.6 Å². The number of hydrogen-bond donors (Lipinski definition) is 1. The minimum Gasteiger partial charge on any atom is -0.489 e. The highest BCUT2D eigenvalue weighted by Gasteiger charge is 2.21. The Hall–Kier alpha value is -3.61. The molecule has 2 amide bonds. The lowest BCUT2D eigenvalue weighted by Gasteiger charge is -2.14. The lowest BCUT2D eigenvalue weighted by Crippen LogP contribution is -2.26. The van der Waals surface area contributed by atoms with Gasteiger partial charge >= 0.3 is 0 Å². The standard InChI is InChI=1S/C25H30N4O3/c1-6-29-23(25(31)28(4)5)22(15-26-29)27-24(30)20-9-7-8-18(14-20)16-32-21-12-10-19(11-13-21)17(2)3/h7-15,17H,6,16H2,1-5H3,(H,27,30). The number of aromatic nitrogens is 2. The summed E-state index contributed by atoms with van der Waals surface area (Å²) in [4.78, 5) is 26.9. The Bertz CT molecular complexity index is 1080. The predicted molar refractivity (Wildman–Crippen MR) is 125 cm³/mol. The highest BCUT2D eigenvalue weighted by Crippen LogP contribution is 2.21. The van der Waals surface area contributed by atoms with Crippen LogP contribution < -0.4 is 10.1 Å². The Kier molecular flexibility index (Phi) is 7.30. The molecular formula is C25H30N4O3. The molecule has 3 rings (SSSR count). The molecule has 7 nitrogen and oxygen atoms in total. The van der Waals surface area contributed by atoms with Gasteiger partial charge in [0.15, 0.2) is 0 Å². The number of anilines is 1. The summed E-state index contributed by atoms with van der Waals surface area (Å²) in [6, 6.07) is 15.3. The van der Waals surface area contributed by atoms with Crippen molar-refractivity contribution in [2.45, 2.75) is 39.8 Å². The van der Waals surface area contributed by atoms with Crippen LogP contribution in [0.25, 0.3) is 0 Å². The summed E-state index contributed by atoms with van der Waals surface area (Å²) in [5.41, 5.74) is 3.36. The molecule has 0 bridgehead atoms. The number of rotatable bonds is 8. The highest BCUT2D eigenvalue weighted by atomic mass is 16.5. The van der Waals surface area contributed by atoms with Gasteiger partial charge in [0.05, 0.1) is 11.9 Å². The Morgan fingerprint density at radius 1 is 1.12 bits per heavy atom. The highest BCUT2D eigenvalue weighted by molar-refractivity contribution is 6.08. The van der Waals surface area contributed by atoms with Crippen LogP contribution in [0.15, 0.2) is 54.7 Å². The monoisotopic (exact) mass is 434 g/mol. The molecule has 0 atom stereocenters. The molecule has 168 valence electrons. The third kappa shape index (κ3) is 5.35. The molecule has 0 spiro atoms. The fraction of sp³-hybridized carbons (Fsp3) is 0.320. The molecular weight excluding hydrogens is 404 g/mol. The molecule has 0 aliphatic heterocycles. The van der Waals surface area contributed by atoms with Crippen molar-refractivity contribution in [1.82, 2.24) is 14.7 Å². The van der Waals surface area contributed by atoms with Crippen LogP contribution in [0.4, 0.5) is 5.69 Å². The molecule has 0 saturated carbocycles. The van der Waals surface area contributed by atoms with Gasteiger partial charge in [-0.15, -0.1) is 0 Å². The van der Waals surface area contributed by atoms with Crippen molar-refractivity contribution in [3.05, 3.63) is 77.1 Å². The van der Waals surface area contributed by atoms with E-state index >= 15 is 0 Å². The van der Waals surface area contributed by atoms with E-state index in [0.717, 1.165) is 11.3 Å². The van der Waals surface area contributed by atoms with E-state index in [1.807, 2.05) is 31.2 Å². The zero-order valence-corrected chi connectivity index (χ0v) is 19.3. The molecule has 3 aromatic rings. The topological polar surface area (TPSA) is 76.5 Å². The van der Waals surface area contributed by atoms with E-state index in [-0.39, 0.29) is 11.8 Å². The number of ether oxygens (including phenoxy) is 1. The Labute approximate surface area is 189 Å². The first-order valence-corrected chi connectivity index (χ1v) is 10.7. The fourth-order valence-electron chi connectivity index (χ4n) is 3.27. The van der Waals surface area contributed by atoms with Gasteiger partial charge in [0, 0.05) is 26.2 Å². The third-order valence-corrected chi connectivity index (χ3v) is 5.14. The number of nitrogens with one attached hydrogen (secondary N) is 1. The van der Waals surface area contributed by atoms with Gasteiger partial charge in [0.1, 0.15) is 18.1 Å². The van der Waals surface area contributed by atoms with Crippen LogP contribution in [0.2, 0.25) is 0 Å². The molecule has 0 unspecified atom stereocenters. The zero-order valence-electron chi connectivity index (χ0n) is 19.3. The average Bonchev–Trinajstić information content (AvgIpc) is 3.19. The van der Waals surface area contributed by atoms with E-state index in [1.165, 1.54) is 16.7 Å². The SMILES string of the molecule is CCn1ncc(NC(=O)c2cccc(COc3ccc(C(C)C)cc3)c2)c1C(=O)N(C)C. The second-order valence-corrected chi connectivity index (χ2v) is 8.09. The summed E-state index contributed by atoms with van der Waals surface area (Å²) in [6.45, 7) is 7.07. The van der Waals surface area contributed by atoms with Crippen LogP contribution in [0.3, 0.4) is 0 Å². The first-order valence-electron chi connectivity index (χ1n) is 10.7. The van der Waals surface area contributed by atoms with E-state index in [9.17, 15) is 9.59 Å². The van der Waals surface area contributed by atoms with Gasteiger partial charge in [-0.25, -0.2) is 0 Å². The Balaban J connectivity index is 1.71. The van der Waals surface area contributed by atoms with Gasteiger partial charge in [0.25, 0.3) is 11.8 Å². The molecule has 32 heavy (non-hydrogen) atoms. The van der Waals surface area contributed by atoms with E-state index in [2.05, 4.69) is 36.4 Å². The van der Waals surface area contributed by atoms with Crippen molar-refractivity contribution in [3.63, 3.8) is 0 Å². The van der Waals surface area contributed by atoms with Crippen LogP contribution in [0.1, 0.15) is 58.7 Å². The number of carbonyl (C=O) groups is 2. The summed E-state index contributed by atoms with van der Waals surface area (Å²) >= 11 is 0. The van der Waals surface area contributed by atoms with Crippen LogP contribution in [-0.2, 0) is 13.2 Å². The van der Waals surface area contributed by atoms with Gasteiger partial charge in [-0.3, -0.25) is 14.3 Å². The molecule has 1 N–H and O–H groups in total. The first kappa shape index (κ1) is 23.1. The quantitative estimate of drug-likeness (QED) is 0.564. The lowest BCUT2D eigenvalue weighted by molar-refractivity contribution is 0.0816. The second kappa shape index (κ2) is 10.1. The molecule has 0 saturated heterocycles. The summed E-state index contributed by atoms with van der Waals surface area (Å²) in [7, 11) is 3.33. The zero-order chi connectivity index (χ0) is 23.3. The van der Waals surface area contributed by atoms with E-state index in [1.54, 1.807) is 30.9 Å². The van der Waals surface area contributed by atoms with Crippen molar-refractivity contribution in [2.75, 3.05) is 19.4 Å². The fourth-order valence-corrected chi connectivity index (χ4v) is 3.27. The average molecular weight is 435 g/mol. The normalized spacial score (nSPS) is 10.8. The van der Waals surface area contributed by atoms with E-state index in [0.29, 0.717) is 36.0 Å². The van der Waals surface area contributed by atoms with Crippen LogP contribution in [0, 0.1) is 0 Å². The van der Waals surface area contributed by atoms with Gasteiger partial charge < -0.3 is 15.0 Å². The lowest BCUT2D eigenvalue weighted by atomic mass is 10.0. The van der Waals surface area contributed by atoms with Crippen LogP contribution in [0.5, 0.6) is 5.75 Å². The number of nitrogens with zero attached hydrogens (tertiary/aromatic N) is 3. The third-order valence-electron chi connectivity index (χ3n) is 5.14. The molecule has 1 heterocycles. The van der Waals surface area contributed by atoms with Crippen molar-refractivity contribution >= 4 is 17.5 Å². The minimum absolute atomic E-state index is 0.217. The van der Waals surface area contributed by atoms with Gasteiger partial charge in [-0.05, 0) is 48.2 Å². The number of hydrogen-bond acceptors (Lipinski definition) is 4. The van der Waals surface area contributed by atoms with Gasteiger partial charge in [-0.2, -0.15) is 5.10 Å². The summed E-state index contributed by atoms with van der Waals surface area (Å²) < 4.78 is 7.46. The van der Waals surface area contributed by atoms with E-state index in [4.69, 9.17) is 4.74 Å². The minimum atomic E-state index is -0.309. The largest absolute Gasteiger partial charge is 0.489 e. The molecule has 2 aromatic carbocycles. The number of carbonyl (C=O) groups excluding carboxylic acids is 2. The van der Waals surface area contributed by atoms with Crippen molar-refractivity contribution in [3.8, 4) is 5.75 Å².